The zero-order chi connectivity index (χ0) is 20.2. The number of halogens is 3. The minimum absolute atomic E-state index is 0.119. The van der Waals surface area contributed by atoms with Gasteiger partial charge in [-0.25, -0.2) is 4.79 Å². The normalized spacial score (nSPS) is 21.4. The Bertz CT molecular complexity index is 632. The summed E-state index contributed by atoms with van der Waals surface area (Å²) in [6.07, 6.45) is -4.97. The first-order chi connectivity index (χ1) is 12.5. The third kappa shape index (κ3) is 6.30. The van der Waals surface area contributed by atoms with Gasteiger partial charge in [0.15, 0.2) is 0 Å². The first kappa shape index (κ1) is 21.9. The minimum atomic E-state index is -4.34. The lowest BCUT2D eigenvalue weighted by Crippen LogP contribution is -2.40. The molecule has 0 amide bonds. The first-order valence-corrected chi connectivity index (χ1v) is 12.5. The van der Waals surface area contributed by atoms with Crippen LogP contribution in [0.3, 0.4) is 0 Å². The van der Waals surface area contributed by atoms with Crippen molar-refractivity contribution in [2.75, 3.05) is 27.0 Å². The van der Waals surface area contributed by atoms with E-state index in [0.29, 0.717) is 17.7 Å². The molecule has 0 radical (unpaired) electrons. The molecule has 1 N–H and O–H groups in total. The van der Waals surface area contributed by atoms with Crippen molar-refractivity contribution in [1.29, 1.82) is 0 Å². The lowest BCUT2D eigenvalue weighted by Gasteiger charge is -2.25. The molecule has 2 atom stereocenters. The number of nitrogens with zero attached hydrogens (tertiary/aromatic N) is 1. The fourth-order valence-corrected chi connectivity index (χ4v) is 3.56. The maximum atomic E-state index is 13.2. The number of alkyl halides is 3. The predicted octanol–water partition coefficient (Wildman–Crippen LogP) is 3.62. The number of rotatable bonds is 7. The van der Waals surface area contributed by atoms with Gasteiger partial charge < -0.3 is 9.47 Å². The van der Waals surface area contributed by atoms with Crippen molar-refractivity contribution in [2.45, 2.75) is 44.1 Å². The molecule has 1 aromatic rings. The van der Waals surface area contributed by atoms with E-state index in [9.17, 15) is 18.0 Å². The average Bonchev–Trinajstić information content (AvgIpc) is 3.02. The molecule has 2 rings (SSSR count). The fourth-order valence-electron chi connectivity index (χ4n) is 2.80. The van der Waals surface area contributed by atoms with Gasteiger partial charge >= 0.3 is 12.1 Å². The molecule has 0 bridgehead atoms. The molecule has 1 aliphatic heterocycles. The highest BCUT2D eigenvalue weighted by Crippen LogP contribution is 2.32. The number of benzene rings is 1. The number of nitrogens with one attached hydrogen (secondary N) is 1. The van der Waals surface area contributed by atoms with Crippen LogP contribution in [0.4, 0.5) is 13.2 Å². The Morgan fingerprint density at radius 1 is 1.26 bits per heavy atom. The van der Waals surface area contributed by atoms with Gasteiger partial charge in [0.25, 0.3) is 0 Å². The highest BCUT2D eigenvalue weighted by Gasteiger charge is 2.47. The Labute approximate surface area is 158 Å². The van der Waals surface area contributed by atoms with Crippen LogP contribution in [0.5, 0.6) is 0 Å². The smallest absolute Gasteiger partial charge is 0.405 e. The van der Waals surface area contributed by atoms with Crippen LogP contribution in [0.1, 0.15) is 22.1 Å². The van der Waals surface area contributed by atoms with Gasteiger partial charge in [-0.05, 0) is 23.7 Å². The number of hydrogen-bond acceptors (Lipinski definition) is 5. The topological polar surface area (TPSA) is 50.8 Å². The van der Waals surface area contributed by atoms with Gasteiger partial charge in [0.05, 0.1) is 18.8 Å². The number of ether oxygens (including phenoxy) is 2. The van der Waals surface area contributed by atoms with E-state index in [-0.39, 0.29) is 13.3 Å². The van der Waals surface area contributed by atoms with E-state index in [1.165, 1.54) is 7.11 Å². The molecule has 27 heavy (non-hydrogen) atoms. The SMILES string of the molecule is COC(=O)c1ccc(C2NC(C(F)(F)F)CN2COCC[Si](C)(C)C)cc1. The summed E-state index contributed by atoms with van der Waals surface area (Å²) in [5, 5.41) is 2.63. The lowest BCUT2D eigenvalue weighted by atomic mass is 10.1. The largest absolute Gasteiger partial charge is 0.465 e. The zero-order valence-corrected chi connectivity index (χ0v) is 17.1. The highest BCUT2D eigenvalue weighted by molar-refractivity contribution is 6.76. The van der Waals surface area contributed by atoms with E-state index in [1.54, 1.807) is 29.2 Å². The number of hydrogen-bond donors (Lipinski definition) is 1. The molecule has 1 aliphatic rings. The van der Waals surface area contributed by atoms with E-state index in [1.807, 2.05) is 0 Å². The Kier molecular flexibility index (Phi) is 7.07. The Morgan fingerprint density at radius 3 is 2.41 bits per heavy atom. The number of carbonyl (C=O) groups is 1. The summed E-state index contributed by atoms with van der Waals surface area (Å²) in [5.41, 5.74) is 0.993. The summed E-state index contributed by atoms with van der Waals surface area (Å²) in [5.74, 6) is -0.486. The summed E-state index contributed by atoms with van der Waals surface area (Å²) in [6, 6.07) is 5.70. The van der Waals surface area contributed by atoms with E-state index in [2.05, 4.69) is 29.7 Å². The Balaban J connectivity index is 2.08. The van der Waals surface area contributed by atoms with E-state index < -0.39 is 32.4 Å². The summed E-state index contributed by atoms with van der Waals surface area (Å²) in [4.78, 5) is 13.2. The van der Waals surface area contributed by atoms with Crippen molar-refractivity contribution in [3.63, 3.8) is 0 Å². The summed E-state index contributed by atoms with van der Waals surface area (Å²) in [7, 11) is 0.0179. The molecule has 0 aromatic heterocycles. The molecule has 0 spiro atoms. The Hall–Kier alpha value is -1.42. The second-order valence-corrected chi connectivity index (χ2v) is 13.5. The van der Waals surface area contributed by atoms with Crippen LogP contribution in [0, 0.1) is 0 Å². The third-order valence-corrected chi connectivity index (χ3v) is 6.14. The van der Waals surface area contributed by atoms with Crippen molar-refractivity contribution >= 4 is 14.0 Å². The van der Waals surface area contributed by atoms with Crippen LogP contribution in [0.2, 0.25) is 25.7 Å². The lowest BCUT2D eigenvalue weighted by molar-refractivity contribution is -0.151. The highest BCUT2D eigenvalue weighted by atomic mass is 28.3. The van der Waals surface area contributed by atoms with Gasteiger partial charge in [0, 0.05) is 21.2 Å². The molecule has 1 heterocycles. The fraction of sp³-hybridized carbons (Fsp3) is 0.611. The number of carbonyl (C=O) groups excluding carboxylic acids is 1. The van der Waals surface area contributed by atoms with Gasteiger partial charge in [0.1, 0.15) is 12.8 Å². The van der Waals surface area contributed by atoms with E-state index in [4.69, 9.17) is 4.74 Å². The summed E-state index contributed by atoms with van der Waals surface area (Å²) < 4.78 is 49.9. The molecule has 5 nitrogen and oxygen atoms in total. The van der Waals surface area contributed by atoms with Gasteiger partial charge in [-0.2, -0.15) is 13.2 Å². The van der Waals surface area contributed by atoms with Crippen molar-refractivity contribution in [3.8, 4) is 0 Å². The first-order valence-electron chi connectivity index (χ1n) is 8.84. The third-order valence-electron chi connectivity index (χ3n) is 4.44. The second-order valence-electron chi connectivity index (χ2n) is 7.90. The van der Waals surface area contributed by atoms with Crippen LogP contribution >= 0.6 is 0 Å². The molecular weight excluding hydrogens is 377 g/mol. The van der Waals surface area contributed by atoms with Crippen LogP contribution < -0.4 is 5.32 Å². The molecular formula is C18H27F3N2O3Si. The standard InChI is InChI=1S/C18H27F3N2O3Si/c1-25-17(24)14-7-5-13(6-8-14)16-22-15(18(19,20)21)11-23(16)12-26-9-10-27(2,3)4/h5-8,15-16,22H,9-12H2,1-4H3. The number of esters is 1. The average molecular weight is 405 g/mol. The molecule has 1 aromatic carbocycles. The predicted molar refractivity (Wildman–Crippen MR) is 99.2 cm³/mol. The van der Waals surface area contributed by atoms with Gasteiger partial charge in [-0.15, -0.1) is 0 Å². The molecule has 2 unspecified atom stereocenters. The quantitative estimate of drug-likeness (QED) is 0.427. The van der Waals surface area contributed by atoms with E-state index >= 15 is 0 Å². The summed E-state index contributed by atoms with van der Waals surface area (Å²) in [6.45, 7) is 7.14. The second kappa shape index (κ2) is 8.72. The van der Waals surface area contributed by atoms with Crippen LogP contribution in [0.15, 0.2) is 24.3 Å². The molecule has 1 fully saturated rings. The van der Waals surface area contributed by atoms with E-state index in [0.717, 1.165) is 6.04 Å². The molecule has 0 saturated carbocycles. The van der Waals surface area contributed by atoms with Crippen LogP contribution in [0.25, 0.3) is 0 Å². The van der Waals surface area contributed by atoms with Crippen molar-refractivity contribution < 1.29 is 27.4 Å². The maximum Gasteiger partial charge on any atom is 0.405 e. The van der Waals surface area contributed by atoms with Crippen LogP contribution in [-0.4, -0.2) is 58.2 Å². The van der Waals surface area contributed by atoms with Crippen LogP contribution in [-0.2, 0) is 9.47 Å². The summed E-state index contributed by atoms with van der Waals surface area (Å²) >= 11 is 0. The monoisotopic (exact) mass is 404 g/mol. The van der Waals surface area contributed by atoms with Crippen molar-refractivity contribution in [3.05, 3.63) is 35.4 Å². The van der Waals surface area contributed by atoms with Crippen molar-refractivity contribution in [2.24, 2.45) is 0 Å². The molecule has 0 aliphatic carbocycles. The molecule has 152 valence electrons. The van der Waals surface area contributed by atoms with Crippen molar-refractivity contribution in [1.82, 2.24) is 10.2 Å². The number of methoxy groups -OCH3 is 1. The maximum absolute atomic E-state index is 13.2. The van der Waals surface area contributed by atoms with Gasteiger partial charge in [0.2, 0.25) is 0 Å². The van der Waals surface area contributed by atoms with Gasteiger partial charge in [-0.1, -0.05) is 31.8 Å². The Morgan fingerprint density at radius 2 is 1.89 bits per heavy atom. The molecule has 1 saturated heterocycles. The zero-order valence-electron chi connectivity index (χ0n) is 16.1. The molecule has 9 heteroatoms. The van der Waals surface area contributed by atoms with Gasteiger partial charge in [-0.3, -0.25) is 10.2 Å². The minimum Gasteiger partial charge on any atom is -0.465 e.